The van der Waals surface area contributed by atoms with E-state index >= 15 is 0 Å². The first kappa shape index (κ1) is 13.8. The predicted molar refractivity (Wildman–Crippen MR) is 31.8 cm³/mol. The summed E-state index contributed by atoms with van der Waals surface area (Å²) in [5.41, 5.74) is 0. The molecular formula is C3HClF6O3S. The third-order valence-electron chi connectivity index (χ3n) is 0.806. The molecule has 0 aliphatic heterocycles. The molecule has 11 heteroatoms. The van der Waals surface area contributed by atoms with Crippen molar-refractivity contribution in [2.75, 3.05) is 0 Å². The molecule has 0 saturated heterocycles. The molecule has 14 heavy (non-hydrogen) atoms. The van der Waals surface area contributed by atoms with Crippen LogP contribution in [0.15, 0.2) is 0 Å². The van der Waals surface area contributed by atoms with E-state index in [9.17, 15) is 34.8 Å². The van der Waals surface area contributed by atoms with Gasteiger partial charge in [-0.2, -0.15) is 34.8 Å². The third kappa shape index (κ3) is 4.86. The Bertz CT molecular complexity index is 276. The quantitative estimate of drug-likeness (QED) is 0.567. The topological polar surface area (TPSA) is 43.4 Å². The van der Waals surface area contributed by atoms with Crippen LogP contribution in [0.3, 0.4) is 0 Å². The van der Waals surface area contributed by atoms with Crippen LogP contribution in [0.1, 0.15) is 0 Å². The molecule has 0 atom stereocenters. The summed E-state index contributed by atoms with van der Waals surface area (Å²) in [6, 6.07) is 0. The monoisotopic (exact) mass is 266 g/mol. The van der Waals surface area contributed by atoms with Crippen LogP contribution in [0.2, 0.25) is 0 Å². The Morgan fingerprint density at radius 1 is 1.00 bits per heavy atom. The van der Waals surface area contributed by atoms with Crippen molar-refractivity contribution < 1.29 is 38.9 Å². The van der Waals surface area contributed by atoms with Gasteiger partial charge in [0.2, 0.25) is 0 Å². The first-order chi connectivity index (χ1) is 5.84. The molecular weight excluding hydrogens is 266 g/mol. The maximum Gasteiger partial charge on any atom is 0.425 e. The Kier molecular flexibility index (Phi) is 3.68. The first-order valence-corrected chi connectivity index (χ1v) is 4.84. The Morgan fingerprint density at radius 3 is 1.36 bits per heavy atom. The molecule has 0 unspecified atom stereocenters. The maximum absolute atomic E-state index is 11.6. The summed E-state index contributed by atoms with van der Waals surface area (Å²) in [6.07, 6.45) is -16.3. The van der Waals surface area contributed by atoms with E-state index in [0.29, 0.717) is 0 Å². The number of hydrogen-bond acceptors (Lipinski definition) is 3. The van der Waals surface area contributed by atoms with E-state index in [4.69, 9.17) is 0 Å². The summed E-state index contributed by atoms with van der Waals surface area (Å²) in [6.45, 7) is 0. The van der Waals surface area contributed by atoms with E-state index in [1.165, 1.54) is 0 Å². The zero-order chi connectivity index (χ0) is 11.8. The molecule has 0 N–H and O–H groups in total. The summed E-state index contributed by atoms with van der Waals surface area (Å²) in [4.78, 5) is 0. The van der Waals surface area contributed by atoms with Gasteiger partial charge in [-0.05, 0) is 0 Å². The zero-order valence-corrected chi connectivity index (χ0v) is 7.43. The van der Waals surface area contributed by atoms with E-state index < -0.39 is 27.8 Å². The molecule has 0 aliphatic carbocycles. The highest BCUT2D eigenvalue weighted by molar-refractivity contribution is 8.10. The highest BCUT2D eigenvalue weighted by Crippen LogP contribution is 2.36. The lowest BCUT2D eigenvalue weighted by Gasteiger charge is -2.20. The Balaban J connectivity index is 4.97. The molecule has 0 aromatic carbocycles. The lowest BCUT2D eigenvalue weighted by molar-refractivity contribution is -0.298. The Hall–Kier alpha value is -0.220. The van der Waals surface area contributed by atoms with Crippen molar-refractivity contribution in [3.05, 3.63) is 0 Å². The summed E-state index contributed by atoms with van der Waals surface area (Å²) in [5, 5.41) is 0. The van der Waals surface area contributed by atoms with Crippen molar-refractivity contribution in [1.29, 1.82) is 0 Å². The van der Waals surface area contributed by atoms with Gasteiger partial charge in [0.25, 0.3) is 6.10 Å². The summed E-state index contributed by atoms with van der Waals surface area (Å²) < 4.78 is 91.9. The zero-order valence-electron chi connectivity index (χ0n) is 5.86. The van der Waals surface area contributed by atoms with Crippen LogP contribution < -0.4 is 0 Å². The fraction of sp³-hybridized carbons (Fsp3) is 1.00. The minimum absolute atomic E-state index is 2.65. The Morgan fingerprint density at radius 2 is 1.29 bits per heavy atom. The SMILES string of the molecule is O=S(=O)(Cl)OC(C(F)(F)F)C(F)(F)F. The highest BCUT2D eigenvalue weighted by Gasteiger charge is 2.60. The average molecular weight is 267 g/mol. The second kappa shape index (κ2) is 3.74. The highest BCUT2D eigenvalue weighted by atomic mass is 35.7. The lowest BCUT2D eigenvalue weighted by Crippen LogP contribution is -2.44. The van der Waals surface area contributed by atoms with E-state index in [1.54, 1.807) is 0 Å². The molecule has 0 amide bonds. The van der Waals surface area contributed by atoms with Crippen LogP contribution in [-0.2, 0) is 13.5 Å². The number of halogens is 7. The van der Waals surface area contributed by atoms with E-state index in [0.717, 1.165) is 0 Å². The van der Waals surface area contributed by atoms with Gasteiger partial charge in [-0.15, -0.1) is 0 Å². The lowest BCUT2D eigenvalue weighted by atomic mass is 10.3. The Labute approximate surface area is 78.2 Å². The van der Waals surface area contributed by atoms with E-state index in [2.05, 4.69) is 14.9 Å². The molecule has 0 rings (SSSR count). The van der Waals surface area contributed by atoms with Crippen LogP contribution in [-0.4, -0.2) is 26.9 Å². The summed E-state index contributed by atoms with van der Waals surface area (Å²) in [5.74, 6) is 0. The van der Waals surface area contributed by atoms with Crippen LogP contribution in [0.5, 0.6) is 0 Å². The number of hydrogen-bond donors (Lipinski definition) is 0. The van der Waals surface area contributed by atoms with Crippen molar-refractivity contribution in [2.24, 2.45) is 0 Å². The smallest absolute Gasteiger partial charge is 0.235 e. The standard InChI is InChI=1S/C3HClF6O3S/c4-14(11,12)13-1(2(5,6)7)3(8,9)10/h1H. The van der Waals surface area contributed by atoms with Gasteiger partial charge in [0, 0.05) is 10.7 Å². The number of alkyl halides is 6. The molecule has 0 radical (unpaired) electrons. The molecule has 0 heterocycles. The fourth-order valence-corrected chi connectivity index (χ4v) is 1.08. The first-order valence-electron chi connectivity index (χ1n) is 2.60. The second-order valence-electron chi connectivity index (χ2n) is 1.95. The maximum atomic E-state index is 11.6. The second-order valence-corrected chi connectivity index (χ2v) is 4.07. The van der Waals surface area contributed by atoms with Crippen molar-refractivity contribution in [3.63, 3.8) is 0 Å². The summed E-state index contributed by atoms with van der Waals surface area (Å²) >= 11 is 0. The van der Waals surface area contributed by atoms with Crippen LogP contribution in [0, 0.1) is 0 Å². The molecule has 0 fully saturated rings. The van der Waals surface area contributed by atoms with E-state index in [1.807, 2.05) is 0 Å². The van der Waals surface area contributed by atoms with Crippen molar-refractivity contribution in [2.45, 2.75) is 18.5 Å². The molecule has 86 valence electrons. The molecule has 0 saturated carbocycles. The molecule has 0 aromatic rings. The minimum Gasteiger partial charge on any atom is -0.235 e. The molecule has 0 bridgehead atoms. The van der Waals surface area contributed by atoms with Gasteiger partial charge < -0.3 is 0 Å². The van der Waals surface area contributed by atoms with E-state index in [-0.39, 0.29) is 0 Å². The summed E-state index contributed by atoms with van der Waals surface area (Å²) in [7, 11) is -1.27. The van der Waals surface area contributed by atoms with Gasteiger partial charge in [-0.1, -0.05) is 0 Å². The fourth-order valence-electron chi connectivity index (χ4n) is 0.410. The van der Waals surface area contributed by atoms with Gasteiger partial charge in [0.1, 0.15) is 0 Å². The van der Waals surface area contributed by atoms with Gasteiger partial charge >= 0.3 is 21.7 Å². The van der Waals surface area contributed by atoms with Gasteiger partial charge in [0.05, 0.1) is 0 Å². The van der Waals surface area contributed by atoms with Crippen molar-refractivity contribution >= 4 is 20.0 Å². The van der Waals surface area contributed by atoms with Gasteiger partial charge in [-0.25, -0.2) is 4.18 Å². The molecule has 0 aromatic heterocycles. The molecule has 0 aliphatic rings. The number of rotatable bonds is 2. The van der Waals surface area contributed by atoms with Gasteiger partial charge in [0.15, 0.2) is 0 Å². The third-order valence-corrected chi connectivity index (χ3v) is 1.45. The predicted octanol–water partition coefficient (Wildman–Crippen LogP) is 1.98. The van der Waals surface area contributed by atoms with Crippen LogP contribution >= 0.6 is 10.7 Å². The van der Waals surface area contributed by atoms with Crippen LogP contribution in [0.25, 0.3) is 0 Å². The van der Waals surface area contributed by atoms with Crippen LogP contribution in [0.4, 0.5) is 26.3 Å². The molecule has 0 spiro atoms. The largest absolute Gasteiger partial charge is 0.425 e. The van der Waals surface area contributed by atoms with Crippen molar-refractivity contribution in [3.8, 4) is 0 Å². The van der Waals surface area contributed by atoms with Gasteiger partial charge in [-0.3, -0.25) is 0 Å². The molecule has 3 nitrogen and oxygen atoms in total. The normalized spacial score (nSPS) is 14.9. The minimum atomic E-state index is -5.90. The average Bonchev–Trinajstić information content (AvgIpc) is 1.75. The van der Waals surface area contributed by atoms with Crippen molar-refractivity contribution in [1.82, 2.24) is 0 Å².